The Morgan fingerprint density at radius 3 is 1.82 bits per heavy atom. The molecule has 6 aromatic carbocycles. The number of rotatable bonds is 2. The van der Waals surface area contributed by atoms with E-state index in [1.54, 1.807) is 0 Å². The number of hydrogen-bond donors (Lipinski definition) is 0. The van der Waals surface area contributed by atoms with Gasteiger partial charge >= 0.3 is 0 Å². The van der Waals surface area contributed by atoms with E-state index < -0.39 is 0 Å². The fourth-order valence-corrected chi connectivity index (χ4v) is 5.13. The van der Waals surface area contributed by atoms with Gasteiger partial charge in [-0.3, -0.25) is 4.57 Å². The van der Waals surface area contributed by atoms with E-state index in [-0.39, 0.29) is 0 Å². The second-order valence-corrected chi connectivity index (χ2v) is 8.42. The molecule has 0 spiro atoms. The van der Waals surface area contributed by atoms with Crippen LogP contribution in [0.5, 0.6) is 0 Å². The summed E-state index contributed by atoms with van der Waals surface area (Å²) in [5.74, 6) is 0.967. The van der Waals surface area contributed by atoms with E-state index in [0.717, 1.165) is 28.1 Å². The van der Waals surface area contributed by atoms with Crippen molar-refractivity contribution in [1.29, 1.82) is 0 Å². The highest BCUT2D eigenvalue weighted by atomic mass is 15.1. The molecule has 1 heterocycles. The van der Waals surface area contributed by atoms with E-state index in [1.165, 1.54) is 32.3 Å². The third-order valence-electron chi connectivity index (χ3n) is 6.58. The summed E-state index contributed by atoms with van der Waals surface area (Å²) in [6, 6.07) is 42.9. The highest BCUT2D eigenvalue weighted by molar-refractivity contribution is 6.24. The molecule has 0 radical (unpaired) electrons. The minimum absolute atomic E-state index is 0.967. The summed E-state index contributed by atoms with van der Waals surface area (Å²) in [6.45, 7) is 0. The van der Waals surface area contributed by atoms with Gasteiger partial charge in [0.1, 0.15) is 5.82 Å². The number of para-hydroxylation sites is 1. The first-order chi connectivity index (χ1) is 16.4. The fourth-order valence-electron chi connectivity index (χ4n) is 5.13. The minimum atomic E-state index is 0.967. The molecule has 0 saturated heterocycles. The molecular formula is C31H20N2. The zero-order valence-electron chi connectivity index (χ0n) is 17.9. The van der Waals surface area contributed by atoms with Crippen molar-refractivity contribution < 1.29 is 0 Å². The average Bonchev–Trinajstić information content (AvgIpc) is 3.30. The van der Waals surface area contributed by atoms with Crippen LogP contribution in [-0.2, 0) is 0 Å². The van der Waals surface area contributed by atoms with Crippen LogP contribution >= 0.6 is 0 Å². The first kappa shape index (κ1) is 18.2. The highest BCUT2D eigenvalue weighted by Gasteiger charge is 2.20. The molecule has 0 atom stereocenters. The average molecular weight is 421 g/mol. The highest BCUT2D eigenvalue weighted by Crippen LogP contribution is 2.40. The van der Waals surface area contributed by atoms with E-state index in [4.69, 9.17) is 4.98 Å². The summed E-state index contributed by atoms with van der Waals surface area (Å²) >= 11 is 0. The lowest BCUT2D eigenvalue weighted by Gasteiger charge is -2.13. The van der Waals surface area contributed by atoms with Crippen LogP contribution in [-0.4, -0.2) is 9.55 Å². The summed E-state index contributed by atoms with van der Waals surface area (Å²) in [5, 5.41) is 7.32. The summed E-state index contributed by atoms with van der Waals surface area (Å²) in [4.78, 5) is 5.35. The van der Waals surface area contributed by atoms with Gasteiger partial charge in [0, 0.05) is 22.0 Å². The van der Waals surface area contributed by atoms with Crippen LogP contribution in [0.4, 0.5) is 0 Å². The smallest absolute Gasteiger partial charge is 0.146 e. The maximum atomic E-state index is 5.35. The number of benzene rings is 6. The van der Waals surface area contributed by atoms with Crippen molar-refractivity contribution in [1.82, 2.24) is 9.55 Å². The van der Waals surface area contributed by atoms with E-state index in [1.807, 2.05) is 0 Å². The molecule has 7 aromatic rings. The van der Waals surface area contributed by atoms with Gasteiger partial charge in [-0.1, -0.05) is 109 Å². The van der Waals surface area contributed by atoms with Gasteiger partial charge in [0.15, 0.2) is 0 Å². The molecule has 0 amide bonds. The predicted molar refractivity (Wildman–Crippen MR) is 139 cm³/mol. The maximum Gasteiger partial charge on any atom is 0.146 e. The Morgan fingerprint density at radius 1 is 0.455 bits per heavy atom. The first-order valence-corrected chi connectivity index (χ1v) is 11.3. The molecule has 0 aliphatic rings. The van der Waals surface area contributed by atoms with Crippen molar-refractivity contribution >= 4 is 43.4 Å². The number of hydrogen-bond acceptors (Lipinski definition) is 1. The molecule has 0 fully saturated rings. The first-order valence-electron chi connectivity index (χ1n) is 11.3. The molecule has 154 valence electrons. The lowest BCUT2D eigenvalue weighted by Crippen LogP contribution is -1.98. The monoisotopic (exact) mass is 420 g/mol. The van der Waals surface area contributed by atoms with Crippen molar-refractivity contribution in [3.63, 3.8) is 0 Å². The molecule has 33 heavy (non-hydrogen) atoms. The quantitative estimate of drug-likeness (QED) is 0.258. The number of nitrogens with zero attached hydrogens (tertiary/aromatic N) is 2. The zero-order valence-corrected chi connectivity index (χ0v) is 17.9. The summed E-state index contributed by atoms with van der Waals surface area (Å²) in [5.41, 5.74) is 4.44. The van der Waals surface area contributed by atoms with E-state index in [0.29, 0.717) is 0 Å². The van der Waals surface area contributed by atoms with E-state index in [2.05, 4.69) is 126 Å². The third-order valence-corrected chi connectivity index (χ3v) is 6.58. The van der Waals surface area contributed by atoms with Gasteiger partial charge in [-0.15, -0.1) is 0 Å². The molecule has 0 saturated carbocycles. The fraction of sp³-hybridized carbons (Fsp3) is 0. The van der Waals surface area contributed by atoms with Crippen molar-refractivity contribution in [3.05, 3.63) is 121 Å². The van der Waals surface area contributed by atoms with Crippen LogP contribution in [0.1, 0.15) is 0 Å². The lowest BCUT2D eigenvalue weighted by atomic mass is 10.00. The van der Waals surface area contributed by atoms with Crippen LogP contribution in [0.15, 0.2) is 121 Å². The Hall–Kier alpha value is -4.43. The second kappa shape index (κ2) is 7.04. The van der Waals surface area contributed by atoms with Crippen molar-refractivity contribution in [2.45, 2.75) is 0 Å². The van der Waals surface area contributed by atoms with Crippen LogP contribution in [0.2, 0.25) is 0 Å². The molecular weight excluding hydrogens is 400 g/mol. The predicted octanol–water partition coefficient (Wildman–Crippen LogP) is 8.15. The standard InChI is InChI=1S/C31H20N2/c1-2-13-22(14-3-1)33-30-27-19-9-7-17-25(27)24-16-6-8-18-26(24)29(30)32-31(33)28-20-10-12-21-11-4-5-15-23(21)28/h1-20H. The Kier molecular flexibility index (Phi) is 3.88. The zero-order chi connectivity index (χ0) is 21.8. The van der Waals surface area contributed by atoms with Crippen LogP contribution in [0.3, 0.4) is 0 Å². The molecule has 1 aromatic heterocycles. The van der Waals surface area contributed by atoms with Gasteiger partial charge < -0.3 is 0 Å². The largest absolute Gasteiger partial charge is 0.292 e. The molecule has 0 unspecified atom stereocenters. The Labute approximate surface area is 191 Å². The van der Waals surface area contributed by atoms with Gasteiger partial charge in [0.05, 0.1) is 11.0 Å². The van der Waals surface area contributed by atoms with Crippen molar-refractivity contribution in [3.8, 4) is 17.1 Å². The molecule has 0 aliphatic heterocycles. The Morgan fingerprint density at radius 2 is 1.03 bits per heavy atom. The molecule has 2 heteroatoms. The Balaban J connectivity index is 1.75. The SMILES string of the molecule is c1ccc(-n2c(-c3cccc4ccccc34)nc3c4ccccc4c4ccccc4c32)cc1. The summed E-state index contributed by atoms with van der Waals surface area (Å²) in [7, 11) is 0. The molecule has 7 rings (SSSR count). The maximum absolute atomic E-state index is 5.35. The topological polar surface area (TPSA) is 17.8 Å². The summed E-state index contributed by atoms with van der Waals surface area (Å²) < 4.78 is 2.34. The molecule has 0 bridgehead atoms. The molecule has 2 nitrogen and oxygen atoms in total. The number of imidazole rings is 1. The third kappa shape index (κ3) is 2.64. The second-order valence-electron chi connectivity index (χ2n) is 8.42. The van der Waals surface area contributed by atoms with Crippen LogP contribution in [0, 0.1) is 0 Å². The van der Waals surface area contributed by atoms with Crippen molar-refractivity contribution in [2.75, 3.05) is 0 Å². The van der Waals surface area contributed by atoms with Gasteiger partial charge in [-0.05, 0) is 33.7 Å². The molecule has 0 aliphatic carbocycles. The van der Waals surface area contributed by atoms with Crippen molar-refractivity contribution in [2.24, 2.45) is 0 Å². The number of aromatic nitrogens is 2. The van der Waals surface area contributed by atoms with E-state index >= 15 is 0 Å². The summed E-state index contributed by atoms with van der Waals surface area (Å²) in [6.07, 6.45) is 0. The van der Waals surface area contributed by atoms with Gasteiger partial charge in [-0.2, -0.15) is 0 Å². The Bertz CT molecular complexity index is 1800. The van der Waals surface area contributed by atoms with E-state index in [9.17, 15) is 0 Å². The minimum Gasteiger partial charge on any atom is -0.292 e. The van der Waals surface area contributed by atoms with Gasteiger partial charge in [-0.25, -0.2) is 4.98 Å². The van der Waals surface area contributed by atoms with Crippen LogP contribution < -0.4 is 0 Å². The normalized spacial score (nSPS) is 11.6. The lowest BCUT2D eigenvalue weighted by molar-refractivity contribution is 1.11. The number of fused-ring (bicyclic) bond motifs is 7. The van der Waals surface area contributed by atoms with Gasteiger partial charge in [0.2, 0.25) is 0 Å². The van der Waals surface area contributed by atoms with Gasteiger partial charge in [0.25, 0.3) is 0 Å². The van der Waals surface area contributed by atoms with Crippen LogP contribution in [0.25, 0.3) is 60.4 Å². The molecule has 0 N–H and O–H groups in total.